The number of hydrogen-bond donors (Lipinski definition) is 0. The fraction of sp³-hybridized carbons (Fsp3) is 0.286. The first-order valence-corrected chi connectivity index (χ1v) is 8.72. The van der Waals surface area contributed by atoms with Gasteiger partial charge in [0.15, 0.2) is 0 Å². The molecule has 0 aliphatic carbocycles. The molecule has 0 radical (unpaired) electrons. The summed E-state index contributed by atoms with van der Waals surface area (Å²) < 4.78 is 6.14. The molecule has 0 atom stereocenters. The van der Waals surface area contributed by atoms with Crippen LogP contribution in [-0.4, -0.2) is 8.32 Å². The van der Waals surface area contributed by atoms with E-state index in [1.54, 1.807) is 0 Å². The first kappa shape index (κ1) is 12.8. The van der Waals surface area contributed by atoms with Gasteiger partial charge in [0.25, 0.3) is 0 Å². The van der Waals surface area contributed by atoms with E-state index in [1.165, 1.54) is 0 Å². The zero-order chi connectivity index (χ0) is 12.0. The maximum absolute atomic E-state index is 6.14. The van der Waals surface area contributed by atoms with E-state index in [0.717, 1.165) is 17.4 Å². The third-order valence-electron chi connectivity index (χ3n) is 2.29. The molecular weight excluding hydrogens is 212 g/mol. The Morgan fingerprint density at radius 3 is 2.62 bits per heavy atom. The average molecular weight is 232 g/mol. The van der Waals surface area contributed by atoms with Crippen LogP contribution in [-0.2, 0) is 0 Å². The Morgan fingerprint density at radius 2 is 2.00 bits per heavy atom. The quantitative estimate of drug-likeness (QED) is 0.537. The summed E-state index contributed by atoms with van der Waals surface area (Å²) in [7, 11) is -1.66. The van der Waals surface area contributed by atoms with E-state index in [9.17, 15) is 0 Å². The third kappa shape index (κ3) is 3.70. The molecule has 1 rings (SSSR count). The lowest BCUT2D eigenvalue weighted by Gasteiger charge is -2.24. The Hall–Kier alpha value is -1.28. The molecule has 16 heavy (non-hydrogen) atoms. The lowest BCUT2D eigenvalue weighted by molar-refractivity contribution is 0.551. The van der Waals surface area contributed by atoms with Crippen molar-refractivity contribution in [3.63, 3.8) is 0 Å². The predicted molar refractivity (Wildman–Crippen MR) is 74.3 cm³/mol. The minimum absolute atomic E-state index is 0.969. The maximum Gasteiger partial charge on any atom is 0.248 e. The number of rotatable bonds is 5. The predicted octanol–water partition coefficient (Wildman–Crippen LogP) is 4.49. The van der Waals surface area contributed by atoms with Crippen LogP contribution in [0.3, 0.4) is 0 Å². The molecule has 0 amide bonds. The number of hydrogen-bond acceptors (Lipinski definition) is 1. The largest absolute Gasteiger partial charge is 0.543 e. The van der Waals surface area contributed by atoms with Crippen LogP contribution < -0.4 is 4.43 Å². The molecule has 0 aromatic heterocycles. The maximum atomic E-state index is 6.14. The van der Waals surface area contributed by atoms with Crippen molar-refractivity contribution in [2.24, 2.45) is 0 Å². The van der Waals surface area contributed by atoms with Crippen molar-refractivity contribution >= 4 is 14.4 Å². The highest BCUT2D eigenvalue weighted by molar-refractivity contribution is 6.72. The lowest BCUT2D eigenvalue weighted by Crippen LogP contribution is -2.33. The minimum Gasteiger partial charge on any atom is -0.543 e. The van der Waals surface area contributed by atoms with Gasteiger partial charge in [-0.1, -0.05) is 36.4 Å². The van der Waals surface area contributed by atoms with Crippen LogP contribution in [0.5, 0.6) is 5.75 Å². The SMILES string of the molecule is C=CC[Si](C)(C)Oc1ccccc1C=CC. The van der Waals surface area contributed by atoms with E-state index in [1.807, 2.05) is 37.3 Å². The monoisotopic (exact) mass is 232 g/mol. The van der Waals surface area contributed by atoms with Crippen molar-refractivity contribution < 1.29 is 4.43 Å². The third-order valence-corrected chi connectivity index (χ3v) is 4.33. The van der Waals surface area contributed by atoms with E-state index in [4.69, 9.17) is 4.43 Å². The van der Waals surface area contributed by atoms with E-state index >= 15 is 0 Å². The summed E-state index contributed by atoms with van der Waals surface area (Å²) in [5.41, 5.74) is 1.15. The molecule has 0 spiro atoms. The second kappa shape index (κ2) is 5.71. The van der Waals surface area contributed by atoms with Crippen LogP contribution in [0.15, 0.2) is 43.0 Å². The molecule has 2 heteroatoms. The van der Waals surface area contributed by atoms with Crippen LogP contribution in [0.4, 0.5) is 0 Å². The van der Waals surface area contributed by atoms with Crippen LogP contribution in [0, 0.1) is 0 Å². The molecule has 86 valence electrons. The van der Waals surface area contributed by atoms with Gasteiger partial charge in [-0.25, -0.2) is 0 Å². The van der Waals surface area contributed by atoms with Crippen LogP contribution in [0.2, 0.25) is 19.1 Å². The van der Waals surface area contributed by atoms with Gasteiger partial charge in [-0.05, 0) is 32.1 Å². The van der Waals surface area contributed by atoms with E-state index in [2.05, 4.69) is 31.8 Å². The smallest absolute Gasteiger partial charge is 0.248 e. The van der Waals surface area contributed by atoms with Gasteiger partial charge >= 0.3 is 0 Å². The summed E-state index contributed by atoms with van der Waals surface area (Å²) in [6.07, 6.45) is 6.06. The van der Waals surface area contributed by atoms with Gasteiger partial charge in [0.2, 0.25) is 8.32 Å². The molecule has 0 N–H and O–H groups in total. The van der Waals surface area contributed by atoms with Crippen LogP contribution in [0.25, 0.3) is 6.08 Å². The van der Waals surface area contributed by atoms with E-state index in [0.29, 0.717) is 0 Å². The zero-order valence-corrected chi connectivity index (χ0v) is 11.4. The summed E-state index contributed by atoms with van der Waals surface area (Å²) >= 11 is 0. The van der Waals surface area contributed by atoms with Crippen molar-refractivity contribution in [2.45, 2.75) is 26.1 Å². The molecule has 0 unspecified atom stereocenters. The van der Waals surface area contributed by atoms with Gasteiger partial charge in [0, 0.05) is 5.56 Å². The standard InChI is InChI=1S/C14H20OSi/c1-5-9-13-10-7-8-11-14(13)15-16(3,4)12-6-2/h5-11H,2,12H2,1,3-4H3. The van der Waals surface area contributed by atoms with Crippen molar-refractivity contribution in [2.75, 3.05) is 0 Å². The Balaban J connectivity index is 2.91. The molecule has 0 fully saturated rings. The second-order valence-corrected chi connectivity index (χ2v) is 8.52. The Bertz CT molecular complexity index is 380. The van der Waals surface area contributed by atoms with Gasteiger partial charge in [-0.3, -0.25) is 0 Å². The number of para-hydroxylation sites is 1. The Morgan fingerprint density at radius 1 is 1.31 bits per heavy atom. The first-order valence-electron chi connectivity index (χ1n) is 5.61. The average Bonchev–Trinajstić information content (AvgIpc) is 2.20. The van der Waals surface area contributed by atoms with Crippen molar-refractivity contribution in [3.05, 3.63) is 48.6 Å². The van der Waals surface area contributed by atoms with Gasteiger partial charge < -0.3 is 4.43 Å². The zero-order valence-electron chi connectivity index (χ0n) is 10.4. The van der Waals surface area contributed by atoms with E-state index in [-0.39, 0.29) is 0 Å². The fourth-order valence-corrected chi connectivity index (χ4v) is 3.14. The topological polar surface area (TPSA) is 9.23 Å². The van der Waals surface area contributed by atoms with Gasteiger partial charge in [0.05, 0.1) is 0 Å². The van der Waals surface area contributed by atoms with E-state index < -0.39 is 8.32 Å². The van der Waals surface area contributed by atoms with Crippen LogP contribution >= 0.6 is 0 Å². The highest BCUT2D eigenvalue weighted by atomic mass is 28.4. The fourth-order valence-electron chi connectivity index (χ4n) is 1.58. The summed E-state index contributed by atoms with van der Waals surface area (Å²) in [5, 5.41) is 0. The molecule has 0 bridgehead atoms. The highest BCUT2D eigenvalue weighted by Gasteiger charge is 2.23. The summed E-state index contributed by atoms with van der Waals surface area (Å²) in [4.78, 5) is 0. The molecule has 0 saturated heterocycles. The van der Waals surface area contributed by atoms with Crippen molar-refractivity contribution in [1.29, 1.82) is 0 Å². The molecule has 0 saturated carbocycles. The normalized spacial score (nSPS) is 11.7. The van der Waals surface area contributed by atoms with Crippen molar-refractivity contribution in [3.8, 4) is 5.75 Å². The molecule has 1 aromatic rings. The molecule has 1 aromatic carbocycles. The Kier molecular flexibility index (Phi) is 4.56. The van der Waals surface area contributed by atoms with Gasteiger partial charge in [0.1, 0.15) is 5.75 Å². The number of allylic oxidation sites excluding steroid dienone is 2. The molecule has 0 aliphatic rings. The first-order chi connectivity index (χ1) is 7.59. The Labute approximate surface area is 99.6 Å². The summed E-state index contributed by atoms with van der Waals surface area (Å²) in [5.74, 6) is 0.985. The van der Waals surface area contributed by atoms with Crippen LogP contribution in [0.1, 0.15) is 12.5 Å². The molecular formula is C14H20OSi. The summed E-state index contributed by atoms with van der Waals surface area (Å²) in [6, 6.07) is 9.13. The lowest BCUT2D eigenvalue weighted by atomic mass is 10.2. The molecule has 0 heterocycles. The number of benzene rings is 1. The minimum atomic E-state index is -1.66. The van der Waals surface area contributed by atoms with Crippen molar-refractivity contribution in [1.82, 2.24) is 0 Å². The summed E-state index contributed by atoms with van der Waals surface area (Å²) in [6.45, 7) is 10.2. The highest BCUT2D eigenvalue weighted by Crippen LogP contribution is 2.24. The van der Waals surface area contributed by atoms with Gasteiger partial charge in [-0.15, -0.1) is 6.58 Å². The molecule has 1 nitrogen and oxygen atoms in total. The molecule has 0 aliphatic heterocycles. The van der Waals surface area contributed by atoms with Gasteiger partial charge in [-0.2, -0.15) is 0 Å². The second-order valence-electron chi connectivity index (χ2n) is 4.39.